The number of hydrogen-bond acceptors (Lipinski definition) is 2. The number of amides is 1. The van der Waals surface area contributed by atoms with E-state index >= 15 is 0 Å². The standard InChI is InChI=1S/C16H18N2O2/c19-15(14-8-4-10-17-14)18-11-16(20)9-3-6-12-5-1-2-7-13(12)16/h1-2,4-5,7-8,10,17,20H,3,6,9,11H2,(H,18,19). The molecule has 1 atom stereocenters. The zero-order chi connectivity index (χ0) is 14.0. The summed E-state index contributed by atoms with van der Waals surface area (Å²) in [6.45, 7) is 0.238. The molecule has 1 heterocycles. The molecular formula is C16H18N2O2. The van der Waals surface area contributed by atoms with Crippen LogP contribution >= 0.6 is 0 Å². The Morgan fingerprint density at radius 3 is 2.95 bits per heavy atom. The van der Waals surface area contributed by atoms with Gasteiger partial charge >= 0.3 is 0 Å². The first kappa shape index (κ1) is 12.9. The number of fused-ring (bicyclic) bond motifs is 1. The van der Waals surface area contributed by atoms with E-state index in [2.05, 4.69) is 10.3 Å². The van der Waals surface area contributed by atoms with Crippen molar-refractivity contribution in [2.24, 2.45) is 0 Å². The highest BCUT2D eigenvalue weighted by molar-refractivity contribution is 5.92. The molecule has 0 bridgehead atoms. The minimum atomic E-state index is -0.961. The average Bonchev–Trinajstić information content (AvgIpc) is 3.00. The van der Waals surface area contributed by atoms with Crippen LogP contribution in [0.15, 0.2) is 42.6 Å². The lowest BCUT2D eigenvalue weighted by molar-refractivity contribution is 0.0189. The monoisotopic (exact) mass is 270 g/mol. The molecule has 0 saturated carbocycles. The summed E-state index contributed by atoms with van der Waals surface area (Å²) in [5.41, 5.74) is 1.67. The smallest absolute Gasteiger partial charge is 0.267 e. The van der Waals surface area contributed by atoms with Crippen LogP contribution in [-0.2, 0) is 12.0 Å². The molecule has 0 spiro atoms. The average molecular weight is 270 g/mol. The van der Waals surface area contributed by atoms with Gasteiger partial charge in [-0.15, -0.1) is 0 Å². The van der Waals surface area contributed by atoms with E-state index in [0.717, 1.165) is 18.4 Å². The fourth-order valence-corrected chi connectivity index (χ4v) is 2.88. The summed E-state index contributed by atoms with van der Waals surface area (Å²) >= 11 is 0. The quantitative estimate of drug-likeness (QED) is 0.798. The van der Waals surface area contributed by atoms with Crippen LogP contribution in [0.5, 0.6) is 0 Å². The zero-order valence-electron chi connectivity index (χ0n) is 11.2. The summed E-state index contributed by atoms with van der Waals surface area (Å²) in [4.78, 5) is 14.8. The van der Waals surface area contributed by atoms with Gasteiger partial charge in [-0.2, -0.15) is 0 Å². The van der Waals surface area contributed by atoms with E-state index in [9.17, 15) is 9.90 Å². The Kier molecular flexibility index (Phi) is 3.32. The van der Waals surface area contributed by atoms with Crippen molar-refractivity contribution in [1.29, 1.82) is 0 Å². The molecule has 1 aliphatic rings. The van der Waals surface area contributed by atoms with Crippen LogP contribution in [0.25, 0.3) is 0 Å². The van der Waals surface area contributed by atoms with Crippen molar-refractivity contribution in [2.75, 3.05) is 6.54 Å². The maximum absolute atomic E-state index is 11.9. The number of hydrogen-bond donors (Lipinski definition) is 3. The highest BCUT2D eigenvalue weighted by Gasteiger charge is 2.34. The Morgan fingerprint density at radius 1 is 1.30 bits per heavy atom. The summed E-state index contributed by atoms with van der Waals surface area (Å²) in [6.07, 6.45) is 4.31. The van der Waals surface area contributed by atoms with Gasteiger partial charge in [0.05, 0.1) is 6.54 Å². The summed E-state index contributed by atoms with van der Waals surface area (Å²) < 4.78 is 0. The van der Waals surface area contributed by atoms with E-state index in [1.54, 1.807) is 18.3 Å². The van der Waals surface area contributed by atoms with Crippen LogP contribution < -0.4 is 5.32 Å². The van der Waals surface area contributed by atoms with Gasteiger partial charge in [-0.1, -0.05) is 24.3 Å². The molecule has 104 valence electrons. The van der Waals surface area contributed by atoms with Crippen LogP contribution in [0.3, 0.4) is 0 Å². The lowest BCUT2D eigenvalue weighted by atomic mass is 9.79. The van der Waals surface area contributed by atoms with E-state index in [1.165, 1.54) is 5.56 Å². The molecule has 1 aromatic carbocycles. The summed E-state index contributed by atoms with van der Waals surface area (Å²) in [7, 11) is 0. The molecule has 0 saturated heterocycles. The number of H-pyrrole nitrogens is 1. The summed E-state index contributed by atoms with van der Waals surface area (Å²) in [5, 5.41) is 13.7. The van der Waals surface area contributed by atoms with Gasteiger partial charge in [-0.25, -0.2) is 0 Å². The molecule has 2 aromatic rings. The number of nitrogens with one attached hydrogen (secondary N) is 2. The molecule has 0 aliphatic heterocycles. The zero-order valence-corrected chi connectivity index (χ0v) is 11.2. The molecule has 4 heteroatoms. The summed E-state index contributed by atoms with van der Waals surface area (Å²) in [5.74, 6) is -0.188. The number of aryl methyl sites for hydroxylation is 1. The van der Waals surface area contributed by atoms with Gasteiger partial charge in [0.2, 0.25) is 0 Å². The largest absolute Gasteiger partial charge is 0.383 e. The molecule has 3 rings (SSSR count). The molecule has 1 aromatic heterocycles. The maximum atomic E-state index is 11.9. The van der Waals surface area contributed by atoms with Crippen molar-refractivity contribution in [3.8, 4) is 0 Å². The van der Waals surface area contributed by atoms with Gasteiger partial charge in [0.25, 0.3) is 5.91 Å². The predicted octanol–water partition coefficient (Wildman–Crippen LogP) is 1.97. The van der Waals surface area contributed by atoms with Gasteiger partial charge in [0.1, 0.15) is 11.3 Å². The van der Waals surface area contributed by atoms with Crippen molar-refractivity contribution in [3.05, 3.63) is 59.4 Å². The maximum Gasteiger partial charge on any atom is 0.267 e. The number of aliphatic hydroxyl groups is 1. The second-order valence-electron chi connectivity index (χ2n) is 5.31. The molecule has 1 aliphatic carbocycles. The van der Waals surface area contributed by atoms with E-state index in [-0.39, 0.29) is 12.5 Å². The lowest BCUT2D eigenvalue weighted by Crippen LogP contribution is -2.43. The Morgan fingerprint density at radius 2 is 2.15 bits per heavy atom. The van der Waals surface area contributed by atoms with Crippen LogP contribution in [0.4, 0.5) is 0 Å². The van der Waals surface area contributed by atoms with Crippen molar-refractivity contribution < 1.29 is 9.90 Å². The molecule has 20 heavy (non-hydrogen) atoms. The Labute approximate surface area is 117 Å². The molecule has 1 amide bonds. The van der Waals surface area contributed by atoms with E-state index in [0.29, 0.717) is 12.1 Å². The topological polar surface area (TPSA) is 65.1 Å². The second-order valence-corrected chi connectivity index (χ2v) is 5.31. The summed E-state index contributed by atoms with van der Waals surface area (Å²) in [6, 6.07) is 11.4. The second kappa shape index (κ2) is 5.13. The molecule has 4 nitrogen and oxygen atoms in total. The minimum absolute atomic E-state index is 0.188. The number of aromatic amines is 1. The first-order valence-corrected chi connectivity index (χ1v) is 6.91. The number of carbonyl (C=O) groups is 1. The van der Waals surface area contributed by atoms with Crippen LogP contribution in [0.2, 0.25) is 0 Å². The normalized spacial score (nSPS) is 21.2. The first-order chi connectivity index (χ1) is 9.69. The molecule has 3 N–H and O–H groups in total. The van der Waals surface area contributed by atoms with Crippen LogP contribution in [0, 0.1) is 0 Å². The Bertz CT molecular complexity index is 607. The first-order valence-electron chi connectivity index (χ1n) is 6.91. The van der Waals surface area contributed by atoms with Gasteiger partial charge in [0, 0.05) is 6.20 Å². The van der Waals surface area contributed by atoms with E-state index < -0.39 is 5.60 Å². The van der Waals surface area contributed by atoms with Gasteiger partial charge in [-0.05, 0) is 42.5 Å². The highest BCUT2D eigenvalue weighted by Crippen LogP contribution is 2.34. The van der Waals surface area contributed by atoms with Crippen molar-refractivity contribution >= 4 is 5.91 Å². The Balaban J connectivity index is 1.76. The van der Waals surface area contributed by atoms with E-state index in [4.69, 9.17) is 0 Å². The number of benzene rings is 1. The Hall–Kier alpha value is -2.07. The van der Waals surface area contributed by atoms with Crippen molar-refractivity contribution in [2.45, 2.75) is 24.9 Å². The van der Waals surface area contributed by atoms with Crippen molar-refractivity contribution in [1.82, 2.24) is 10.3 Å². The van der Waals surface area contributed by atoms with Crippen LogP contribution in [0.1, 0.15) is 34.5 Å². The number of rotatable bonds is 3. The number of carbonyl (C=O) groups excluding carboxylic acids is 1. The lowest BCUT2D eigenvalue weighted by Gasteiger charge is -2.34. The molecule has 1 unspecified atom stereocenters. The third kappa shape index (κ3) is 2.34. The fourth-order valence-electron chi connectivity index (χ4n) is 2.88. The number of aromatic nitrogens is 1. The SMILES string of the molecule is O=C(NCC1(O)CCCc2ccccc21)c1ccc[nH]1. The third-order valence-corrected chi connectivity index (χ3v) is 3.94. The molecular weight excluding hydrogens is 252 g/mol. The predicted molar refractivity (Wildman–Crippen MR) is 76.4 cm³/mol. The third-order valence-electron chi connectivity index (χ3n) is 3.94. The van der Waals surface area contributed by atoms with Gasteiger partial charge < -0.3 is 15.4 Å². The van der Waals surface area contributed by atoms with Crippen LogP contribution in [-0.4, -0.2) is 22.5 Å². The van der Waals surface area contributed by atoms with Gasteiger partial charge in [-0.3, -0.25) is 4.79 Å². The molecule has 0 radical (unpaired) electrons. The van der Waals surface area contributed by atoms with Gasteiger partial charge in [0.15, 0.2) is 0 Å². The van der Waals surface area contributed by atoms with E-state index in [1.807, 2.05) is 24.3 Å². The molecule has 0 fully saturated rings. The highest BCUT2D eigenvalue weighted by atomic mass is 16.3. The minimum Gasteiger partial charge on any atom is -0.383 e. The fraction of sp³-hybridized carbons (Fsp3) is 0.312. The van der Waals surface area contributed by atoms with Crippen molar-refractivity contribution in [3.63, 3.8) is 0 Å².